The van der Waals surface area contributed by atoms with E-state index in [1.165, 1.54) is 0 Å². The van der Waals surface area contributed by atoms with Crippen molar-refractivity contribution >= 4 is 17.2 Å². The Hall–Kier alpha value is -0.870. The number of carbonyl (C=O) groups excluding carboxylic acids is 1. The van der Waals surface area contributed by atoms with Crippen LogP contribution in [0.5, 0.6) is 0 Å². The zero-order valence-corrected chi connectivity index (χ0v) is 10.3. The van der Waals surface area contributed by atoms with Gasteiger partial charge in [-0.2, -0.15) is 0 Å². The molecule has 0 radical (unpaired) electrons. The van der Waals surface area contributed by atoms with Crippen LogP contribution >= 0.6 is 11.3 Å². The summed E-state index contributed by atoms with van der Waals surface area (Å²) in [6, 6.07) is 4.08. The zero-order chi connectivity index (χ0) is 11.4. The molecule has 16 heavy (non-hydrogen) atoms. The first-order valence-corrected chi connectivity index (χ1v) is 6.57. The molecule has 0 aromatic carbocycles. The van der Waals surface area contributed by atoms with Crippen molar-refractivity contribution in [3.8, 4) is 0 Å². The van der Waals surface area contributed by atoms with E-state index in [9.17, 15) is 4.79 Å². The number of hydrogen-bond acceptors (Lipinski definition) is 3. The van der Waals surface area contributed by atoms with Crippen LogP contribution in [0.2, 0.25) is 0 Å². The summed E-state index contributed by atoms with van der Waals surface area (Å²) in [6.07, 6.45) is 2.85. The fourth-order valence-electron chi connectivity index (χ4n) is 1.97. The van der Waals surface area contributed by atoms with E-state index in [1.807, 2.05) is 24.4 Å². The number of hydrogen-bond donors (Lipinski definition) is 1. The largest absolute Gasteiger partial charge is 0.376 e. The predicted molar refractivity (Wildman–Crippen MR) is 64.6 cm³/mol. The molecule has 88 valence electrons. The van der Waals surface area contributed by atoms with Crippen LogP contribution in [0.3, 0.4) is 0 Å². The molecule has 1 aromatic heterocycles. The molecule has 1 N–H and O–H groups in total. The average molecular weight is 239 g/mol. The van der Waals surface area contributed by atoms with E-state index in [0.717, 1.165) is 24.3 Å². The molecular weight excluding hydrogens is 222 g/mol. The molecule has 2 rings (SSSR count). The van der Waals surface area contributed by atoms with Gasteiger partial charge in [-0.3, -0.25) is 4.79 Å². The van der Waals surface area contributed by atoms with Gasteiger partial charge in [0.25, 0.3) is 0 Å². The topological polar surface area (TPSA) is 38.3 Å². The van der Waals surface area contributed by atoms with Crippen LogP contribution in [0.15, 0.2) is 17.5 Å². The predicted octanol–water partition coefficient (Wildman–Crippen LogP) is 1.97. The average Bonchev–Trinajstić information content (AvgIpc) is 2.88. The van der Waals surface area contributed by atoms with Crippen LogP contribution in [0.4, 0.5) is 0 Å². The molecule has 2 atom stereocenters. The van der Waals surface area contributed by atoms with Crippen LogP contribution in [0.1, 0.15) is 24.6 Å². The highest BCUT2D eigenvalue weighted by atomic mass is 32.1. The van der Waals surface area contributed by atoms with Crippen molar-refractivity contribution in [3.63, 3.8) is 0 Å². The highest BCUT2D eigenvalue weighted by Crippen LogP contribution is 2.15. The van der Waals surface area contributed by atoms with Gasteiger partial charge in [-0.25, -0.2) is 0 Å². The molecule has 0 unspecified atom stereocenters. The Kier molecular flexibility index (Phi) is 3.96. The Bertz CT molecular complexity index is 331. The Morgan fingerprint density at radius 2 is 2.62 bits per heavy atom. The second kappa shape index (κ2) is 5.46. The van der Waals surface area contributed by atoms with Crippen LogP contribution in [0, 0.1) is 0 Å². The molecule has 1 saturated heterocycles. The molecule has 0 spiro atoms. The summed E-state index contributed by atoms with van der Waals surface area (Å²) in [7, 11) is 0. The van der Waals surface area contributed by atoms with E-state index in [1.54, 1.807) is 11.3 Å². The molecule has 1 aromatic rings. The van der Waals surface area contributed by atoms with Gasteiger partial charge < -0.3 is 10.1 Å². The molecular formula is C12H17NO2S. The minimum Gasteiger partial charge on any atom is -0.376 e. The number of nitrogens with one attached hydrogen (secondary N) is 1. The van der Waals surface area contributed by atoms with E-state index >= 15 is 0 Å². The normalized spacial score (nSPS) is 21.9. The van der Waals surface area contributed by atoms with E-state index in [2.05, 4.69) is 5.32 Å². The SMILES string of the molecule is C[C@@H](NC(=O)Cc1cccs1)[C@@H]1CCCO1. The third-order valence-corrected chi connectivity index (χ3v) is 3.70. The van der Waals surface area contributed by atoms with Crippen molar-refractivity contribution in [3.05, 3.63) is 22.4 Å². The summed E-state index contributed by atoms with van der Waals surface area (Å²) in [5.41, 5.74) is 0. The Labute approximate surface area is 99.8 Å². The van der Waals surface area contributed by atoms with Crippen molar-refractivity contribution in [2.75, 3.05) is 6.61 Å². The maximum Gasteiger partial charge on any atom is 0.225 e. The van der Waals surface area contributed by atoms with E-state index in [4.69, 9.17) is 4.74 Å². The summed E-state index contributed by atoms with van der Waals surface area (Å²) in [5, 5.41) is 5.00. The van der Waals surface area contributed by atoms with Gasteiger partial charge in [0, 0.05) is 11.5 Å². The van der Waals surface area contributed by atoms with Crippen LogP contribution in [0.25, 0.3) is 0 Å². The molecule has 1 amide bonds. The van der Waals surface area contributed by atoms with Crippen LogP contribution < -0.4 is 5.32 Å². The van der Waals surface area contributed by atoms with Crippen molar-refractivity contribution in [2.45, 2.75) is 38.3 Å². The Morgan fingerprint density at radius 3 is 3.25 bits per heavy atom. The quantitative estimate of drug-likeness (QED) is 0.872. The van der Waals surface area contributed by atoms with Gasteiger partial charge in [0.2, 0.25) is 5.91 Å². The number of rotatable bonds is 4. The lowest BCUT2D eigenvalue weighted by Crippen LogP contribution is -2.41. The second-order valence-corrected chi connectivity index (χ2v) is 5.20. The zero-order valence-electron chi connectivity index (χ0n) is 9.44. The van der Waals surface area contributed by atoms with Crippen molar-refractivity contribution in [1.82, 2.24) is 5.32 Å². The summed E-state index contributed by atoms with van der Waals surface area (Å²) in [4.78, 5) is 12.8. The van der Waals surface area contributed by atoms with E-state index < -0.39 is 0 Å². The molecule has 1 aliphatic heterocycles. The van der Waals surface area contributed by atoms with Crippen molar-refractivity contribution < 1.29 is 9.53 Å². The van der Waals surface area contributed by atoms with Crippen molar-refractivity contribution in [2.24, 2.45) is 0 Å². The summed E-state index contributed by atoms with van der Waals surface area (Å²) < 4.78 is 5.54. The fourth-order valence-corrected chi connectivity index (χ4v) is 2.67. The molecule has 0 bridgehead atoms. The highest BCUT2D eigenvalue weighted by molar-refractivity contribution is 7.10. The first kappa shape index (κ1) is 11.6. The number of amides is 1. The highest BCUT2D eigenvalue weighted by Gasteiger charge is 2.23. The van der Waals surface area contributed by atoms with Gasteiger partial charge in [-0.05, 0) is 31.2 Å². The molecule has 1 aliphatic rings. The van der Waals surface area contributed by atoms with E-state index in [-0.39, 0.29) is 18.1 Å². The summed E-state index contributed by atoms with van der Waals surface area (Å²) in [5.74, 6) is 0.0884. The first-order valence-electron chi connectivity index (χ1n) is 5.69. The maximum absolute atomic E-state index is 11.7. The number of thiophene rings is 1. The minimum atomic E-state index is 0.0884. The Balaban J connectivity index is 1.78. The number of carbonyl (C=O) groups is 1. The lowest BCUT2D eigenvalue weighted by molar-refractivity contribution is -0.121. The van der Waals surface area contributed by atoms with Gasteiger partial charge in [0.05, 0.1) is 18.6 Å². The molecule has 4 heteroatoms. The van der Waals surface area contributed by atoms with Gasteiger partial charge >= 0.3 is 0 Å². The lowest BCUT2D eigenvalue weighted by atomic mass is 10.1. The molecule has 1 fully saturated rings. The molecule has 0 aliphatic carbocycles. The molecule has 2 heterocycles. The lowest BCUT2D eigenvalue weighted by Gasteiger charge is -2.19. The van der Waals surface area contributed by atoms with E-state index in [0.29, 0.717) is 6.42 Å². The fraction of sp³-hybridized carbons (Fsp3) is 0.583. The summed E-state index contributed by atoms with van der Waals surface area (Å²) >= 11 is 1.62. The maximum atomic E-state index is 11.7. The smallest absolute Gasteiger partial charge is 0.225 e. The monoisotopic (exact) mass is 239 g/mol. The summed E-state index contributed by atoms with van der Waals surface area (Å²) in [6.45, 7) is 2.85. The van der Waals surface area contributed by atoms with Gasteiger partial charge in [-0.1, -0.05) is 6.07 Å². The minimum absolute atomic E-state index is 0.0884. The third-order valence-electron chi connectivity index (χ3n) is 2.83. The molecule has 0 saturated carbocycles. The third kappa shape index (κ3) is 3.06. The first-order chi connectivity index (χ1) is 7.75. The van der Waals surface area contributed by atoms with Crippen molar-refractivity contribution in [1.29, 1.82) is 0 Å². The standard InChI is InChI=1S/C12H17NO2S/c1-9(11-5-2-6-15-11)13-12(14)8-10-4-3-7-16-10/h3-4,7,9,11H,2,5-6,8H2,1H3,(H,13,14)/t9-,11+/m1/s1. The van der Waals surface area contributed by atoms with Gasteiger partial charge in [0.15, 0.2) is 0 Å². The number of ether oxygens (including phenoxy) is 1. The molecule has 3 nitrogen and oxygen atoms in total. The second-order valence-electron chi connectivity index (χ2n) is 4.16. The van der Waals surface area contributed by atoms with Gasteiger partial charge in [-0.15, -0.1) is 11.3 Å². The Morgan fingerprint density at radius 1 is 1.75 bits per heavy atom. The van der Waals surface area contributed by atoms with Crippen LogP contribution in [-0.4, -0.2) is 24.7 Å². The van der Waals surface area contributed by atoms with Crippen LogP contribution in [-0.2, 0) is 16.0 Å². The van der Waals surface area contributed by atoms with Gasteiger partial charge in [0.1, 0.15) is 0 Å².